The molecule has 1 heteroatoms. The second-order valence-corrected chi connectivity index (χ2v) is 9.13. The lowest BCUT2D eigenvalue weighted by atomic mass is 9.83. The Bertz CT molecular complexity index is 404. The standard InChI is InChI=1S/C25H46O/c1-9-21(6)16-17-24(22(7)14-10-12-19(2)3)18-25(26)23(8)15-11-13-20(4)5/h9,19-21,24-26H,1,7-8,10-18H2,2-6H3. The molecule has 0 bridgehead atoms. The zero-order valence-electron chi connectivity index (χ0n) is 18.4. The molecule has 0 rings (SSSR count). The van der Waals surface area contributed by atoms with Crippen LogP contribution in [0.5, 0.6) is 0 Å². The number of aliphatic hydroxyl groups is 1. The van der Waals surface area contributed by atoms with Crippen LogP contribution in [0.15, 0.2) is 37.0 Å². The maximum atomic E-state index is 10.7. The van der Waals surface area contributed by atoms with Gasteiger partial charge in [-0.05, 0) is 74.2 Å². The normalized spacial score (nSPS) is 15.1. The van der Waals surface area contributed by atoms with Crippen LogP contribution < -0.4 is 0 Å². The second kappa shape index (κ2) is 14.3. The predicted octanol–water partition coefficient (Wildman–Crippen LogP) is 7.72. The van der Waals surface area contributed by atoms with E-state index in [1.165, 1.54) is 24.8 Å². The Balaban J connectivity index is 4.63. The first-order chi connectivity index (χ1) is 12.2. The van der Waals surface area contributed by atoms with E-state index < -0.39 is 6.10 Å². The molecule has 1 nitrogen and oxygen atoms in total. The molecule has 0 fully saturated rings. The van der Waals surface area contributed by atoms with Crippen LogP contribution in [0.1, 0.15) is 92.4 Å². The van der Waals surface area contributed by atoms with E-state index in [0.717, 1.165) is 50.0 Å². The predicted molar refractivity (Wildman–Crippen MR) is 118 cm³/mol. The average molecular weight is 363 g/mol. The minimum Gasteiger partial charge on any atom is -0.389 e. The van der Waals surface area contributed by atoms with Crippen LogP contribution in [0.4, 0.5) is 0 Å². The molecule has 1 N–H and O–H groups in total. The maximum Gasteiger partial charge on any atom is 0.0753 e. The Hall–Kier alpha value is -0.820. The SMILES string of the molecule is C=CC(C)CCC(CC(O)C(=C)CCCC(C)C)C(=C)CCCC(C)C. The summed E-state index contributed by atoms with van der Waals surface area (Å²) in [5.41, 5.74) is 2.32. The van der Waals surface area contributed by atoms with Gasteiger partial charge in [-0.3, -0.25) is 0 Å². The van der Waals surface area contributed by atoms with Gasteiger partial charge in [0.05, 0.1) is 6.10 Å². The summed E-state index contributed by atoms with van der Waals surface area (Å²) in [6, 6.07) is 0. The molecule has 3 atom stereocenters. The Morgan fingerprint density at radius 3 is 1.77 bits per heavy atom. The van der Waals surface area contributed by atoms with Gasteiger partial charge in [0.2, 0.25) is 0 Å². The van der Waals surface area contributed by atoms with Crippen LogP contribution in [-0.2, 0) is 0 Å². The van der Waals surface area contributed by atoms with Gasteiger partial charge in [0.25, 0.3) is 0 Å². The first-order valence-corrected chi connectivity index (χ1v) is 10.8. The van der Waals surface area contributed by atoms with Crippen molar-refractivity contribution in [3.05, 3.63) is 37.0 Å². The lowest BCUT2D eigenvalue weighted by Gasteiger charge is -2.25. The highest BCUT2D eigenvalue weighted by atomic mass is 16.3. The van der Waals surface area contributed by atoms with Crippen molar-refractivity contribution in [3.8, 4) is 0 Å². The van der Waals surface area contributed by atoms with Crippen LogP contribution in [0, 0.1) is 23.7 Å². The van der Waals surface area contributed by atoms with Crippen molar-refractivity contribution in [2.45, 2.75) is 98.5 Å². The number of rotatable bonds is 16. The Kier molecular flexibility index (Phi) is 13.8. The summed E-state index contributed by atoms with van der Waals surface area (Å²) >= 11 is 0. The van der Waals surface area contributed by atoms with Gasteiger partial charge in [0, 0.05) is 0 Å². The summed E-state index contributed by atoms with van der Waals surface area (Å²) in [5.74, 6) is 2.37. The van der Waals surface area contributed by atoms with Crippen molar-refractivity contribution in [2.75, 3.05) is 0 Å². The van der Waals surface area contributed by atoms with Crippen molar-refractivity contribution in [1.29, 1.82) is 0 Å². The molecule has 0 saturated heterocycles. The van der Waals surface area contributed by atoms with E-state index in [1.54, 1.807) is 0 Å². The molecule has 3 unspecified atom stereocenters. The fraction of sp³-hybridized carbons (Fsp3) is 0.760. The van der Waals surface area contributed by atoms with Gasteiger partial charge in [-0.1, -0.05) is 72.3 Å². The molecule has 152 valence electrons. The first kappa shape index (κ1) is 25.2. The minimum absolute atomic E-state index is 0.390. The molecule has 0 heterocycles. The molecule has 0 aliphatic rings. The van der Waals surface area contributed by atoms with E-state index in [4.69, 9.17) is 0 Å². The molecule has 0 aromatic carbocycles. The molecule has 0 aliphatic carbocycles. The largest absolute Gasteiger partial charge is 0.389 e. The number of hydrogen-bond donors (Lipinski definition) is 1. The van der Waals surface area contributed by atoms with Gasteiger partial charge in [0.15, 0.2) is 0 Å². The van der Waals surface area contributed by atoms with Crippen molar-refractivity contribution in [1.82, 2.24) is 0 Å². The van der Waals surface area contributed by atoms with Crippen molar-refractivity contribution >= 4 is 0 Å². The van der Waals surface area contributed by atoms with Crippen LogP contribution in [0.3, 0.4) is 0 Å². The highest BCUT2D eigenvalue weighted by Gasteiger charge is 2.20. The number of hydrogen-bond acceptors (Lipinski definition) is 1. The number of allylic oxidation sites excluding steroid dienone is 2. The van der Waals surface area contributed by atoms with E-state index in [0.29, 0.717) is 17.8 Å². The monoisotopic (exact) mass is 362 g/mol. The Morgan fingerprint density at radius 2 is 1.31 bits per heavy atom. The summed E-state index contributed by atoms with van der Waals surface area (Å²) in [7, 11) is 0. The summed E-state index contributed by atoms with van der Waals surface area (Å²) < 4.78 is 0. The molecule has 0 aromatic rings. The molecule has 0 aromatic heterocycles. The van der Waals surface area contributed by atoms with E-state index in [2.05, 4.69) is 54.4 Å². The van der Waals surface area contributed by atoms with Crippen molar-refractivity contribution in [2.24, 2.45) is 23.7 Å². The number of aliphatic hydroxyl groups excluding tert-OH is 1. The summed E-state index contributed by atoms with van der Waals surface area (Å²) in [6.45, 7) is 23.7. The molecule has 0 spiro atoms. The second-order valence-electron chi connectivity index (χ2n) is 9.13. The highest BCUT2D eigenvalue weighted by molar-refractivity contribution is 5.08. The fourth-order valence-electron chi connectivity index (χ4n) is 3.35. The van der Waals surface area contributed by atoms with Crippen molar-refractivity contribution in [3.63, 3.8) is 0 Å². The molecular weight excluding hydrogens is 316 g/mol. The van der Waals surface area contributed by atoms with Crippen LogP contribution in [0.25, 0.3) is 0 Å². The van der Waals surface area contributed by atoms with Crippen molar-refractivity contribution < 1.29 is 5.11 Å². The fourth-order valence-corrected chi connectivity index (χ4v) is 3.35. The highest BCUT2D eigenvalue weighted by Crippen LogP contribution is 2.30. The lowest BCUT2D eigenvalue weighted by molar-refractivity contribution is 0.173. The lowest BCUT2D eigenvalue weighted by Crippen LogP contribution is -2.18. The molecule has 0 aliphatic heterocycles. The van der Waals surface area contributed by atoms with E-state index in [1.807, 2.05) is 6.08 Å². The average Bonchev–Trinajstić information content (AvgIpc) is 2.56. The van der Waals surface area contributed by atoms with E-state index >= 15 is 0 Å². The molecule has 0 saturated carbocycles. The molecule has 0 radical (unpaired) electrons. The van der Waals surface area contributed by atoms with Crippen LogP contribution in [0.2, 0.25) is 0 Å². The first-order valence-electron chi connectivity index (χ1n) is 10.8. The summed E-state index contributed by atoms with van der Waals surface area (Å²) in [4.78, 5) is 0. The minimum atomic E-state index is -0.395. The van der Waals surface area contributed by atoms with Gasteiger partial charge >= 0.3 is 0 Å². The molecule has 26 heavy (non-hydrogen) atoms. The Morgan fingerprint density at radius 1 is 0.808 bits per heavy atom. The zero-order valence-corrected chi connectivity index (χ0v) is 18.4. The Labute approximate surface area is 164 Å². The third kappa shape index (κ3) is 12.5. The third-order valence-corrected chi connectivity index (χ3v) is 5.49. The van der Waals surface area contributed by atoms with Gasteiger partial charge in [-0.15, -0.1) is 6.58 Å². The molecular formula is C25H46O. The van der Waals surface area contributed by atoms with E-state index in [-0.39, 0.29) is 0 Å². The molecule has 0 amide bonds. The smallest absolute Gasteiger partial charge is 0.0753 e. The topological polar surface area (TPSA) is 20.2 Å². The van der Waals surface area contributed by atoms with Gasteiger partial charge in [-0.2, -0.15) is 0 Å². The van der Waals surface area contributed by atoms with Crippen LogP contribution in [-0.4, -0.2) is 11.2 Å². The van der Waals surface area contributed by atoms with E-state index in [9.17, 15) is 5.11 Å². The van der Waals surface area contributed by atoms with Gasteiger partial charge in [0.1, 0.15) is 0 Å². The van der Waals surface area contributed by atoms with Gasteiger partial charge in [-0.25, -0.2) is 0 Å². The zero-order chi connectivity index (χ0) is 20.1. The summed E-state index contributed by atoms with van der Waals surface area (Å²) in [6.07, 6.45) is 11.4. The van der Waals surface area contributed by atoms with Crippen LogP contribution >= 0.6 is 0 Å². The quantitative estimate of drug-likeness (QED) is 0.279. The van der Waals surface area contributed by atoms with Gasteiger partial charge < -0.3 is 5.11 Å². The summed E-state index contributed by atoms with van der Waals surface area (Å²) in [5, 5.41) is 10.7. The third-order valence-electron chi connectivity index (χ3n) is 5.49. The maximum absolute atomic E-state index is 10.7.